The third kappa shape index (κ3) is 2.56. The summed E-state index contributed by atoms with van der Waals surface area (Å²) < 4.78 is 12.7. The number of halogens is 1. The Balaban J connectivity index is 2.71. The maximum Gasteiger partial charge on any atom is 0.241 e. The van der Waals surface area contributed by atoms with E-state index in [-0.39, 0.29) is 0 Å². The van der Waals surface area contributed by atoms with Gasteiger partial charge in [0, 0.05) is 5.69 Å². The van der Waals surface area contributed by atoms with Crippen LogP contribution in [0.2, 0.25) is 0 Å². The van der Waals surface area contributed by atoms with Crippen molar-refractivity contribution in [3.05, 3.63) is 30.1 Å². The van der Waals surface area contributed by atoms with Crippen molar-refractivity contribution < 1.29 is 9.18 Å². The van der Waals surface area contributed by atoms with E-state index in [1.54, 1.807) is 12.1 Å². The summed E-state index contributed by atoms with van der Waals surface area (Å²) in [7, 11) is 0. The van der Waals surface area contributed by atoms with E-state index in [9.17, 15) is 9.18 Å². The normalized spacial score (nSPS) is 11.5. The van der Waals surface area contributed by atoms with Gasteiger partial charge in [0.2, 0.25) is 5.91 Å². The highest BCUT2D eigenvalue weighted by molar-refractivity contribution is 5.93. The molecule has 0 aliphatic heterocycles. The Morgan fingerprint density at radius 3 is 2.93 bits per heavy atom. The minimum Gasteiger partial charge on any atom is -0.325 e. The number of nitriles is 1. The molecule has 72 valence electrons. The molecule has 3 nitrogen and oxygen atoms in total. The van der Waals surface area contributed by atoms with Crippen LogP contribution >= 0.6 is 0 Å². The lowest BCUT2D eigenvalue weighted by atomic mass is 10.2. The molecule has 14 heavy (non-hydrogen) atoms. The molecule has 0 radical (unpaired) electrons. The summed E-state index contributed by atoms with van der Waals surface area (Å²) in [6.07, 6.45) is 0. The molecule has 0 saturated carbocycles. The lowest BCUT2D eigenvalue weighted by Gasteiger charge is -2.05. The van der Waals surface area contributed by atoms with E-state index in [1.807, 2.05) is 0 Å². The zero-order valence-corrected chi connectivity index (χ0v) is 7.62. The van der Waals surface area contributed by atoms with Gasteiger partial charge < -0.3 is 5.32 Å². The van der Waals surface area contributed by atoms with Crippen molar-refractivity contribution in [2.24, 2.45) is 5.92 Å². The summed E-state index contributed by atoms with van der Waals surface area (Å²) in [4.78, 5) is 11.2. The molecule has 0 aromatic heterocycles. The highest BCUT2D eigenvalue weighted by Gasteiger charge is 2.11. The van der Waals surface area contributed by atoms with Gasteiger partial charge in [-0.2, -0.15) is 5.26 Å². The Bertz CT molecular complexity index is 384. The van der Waals surface area contributed by atoms with Crippen LogP contribution in [0.5, 0.6) is 0 Å². The minimum atomic E-state index is -0.738. The highest BCUT2D eigenvalue weighted by Crippen LogP contribution is 2.10. The summed E-state index contributed by atoms with van der Waals surface area (Å²) in [6.45, 7) is 1.48. The van der Waals surface area contributed by atoms with Gasteiger partial charge in [-0.3, -0.25) is 4.79 Å². The third-order valence-corrected chi connectivity index (χ3v) is 1.68. The van der Waals surface area contributed by atoms with Crippen LogP contribution in [0.1, 0.15) is 6.92 Å². The van der Waals surface area contributed by atoms with Crippen LogP contribution in [0.25, 0.3) is 0 Å². The molecule has 0 aliphatic carbocycles. The molecule has 0 spiro atoms. The van der Waals surface area contributed by atoms with Crippen LogP contribution in [0.4, 0.5) is 10.1 Å². The maximum atomic E-state index is 12.7. The van der Waals surface area contributed by atoms with Gasteiger partial charge in [-0.1, -0.05) is 6.07 Å². The quantitative estimate of drug-likeness (QED) is 0.778. The Morgan fingerprint density at radius 2 is 2.36 bits per heavy atom. The van der Waals surface area contributed by atoms with E-state index < -0.39 is 17.6 Å². The third-order valence-electron chi connectivity index (χ3n) is 1.68. The zero-order valence-electron chi connectivity index (χ0n) is 7.62. The molecule has 0 heterocycles. The smallest absolute Gasteiger partial charge is 0.241 e. The Morgan fingerprint density at radius 1 is 1.64 bits per heavy atom. The second kappa shape index (κ2) is 4.38. The lowest BCUT2D eigenvalue weighted by Crippen LogP contribution is -2.18. The molecule has 1 atom stereocenters. The number of nitrogens with one attached hydrogen (secondary N) is 1. The predicted octanol–water partition coefficient (Wildman–Crippen LogP) is 1.92. The number of carbonyl (C=O) groups is 1. The summed E-state index contributed by atoms with van der Waals surface area (Å²) >= 11 is 0. The molecule has 1 N–H and O–H groups in total. The minimum absolute atomic E-state index is 0.358. The average Bonchev–Trinajstić information content (AvgIpc) is 2.16. The monoisotopic (exact) mass is 192 g/mol. The molecule has 1 aromatic carbocycles. The fraction of sp³-hybridized carbons (Fsp3) is 0.200. The van der Waals surface area contributed by atoms with Crippen molar-refractivity contribution in [3.63, 3.8) is 0 Å². The van der Waals surface area contributed by atoms with Gasteiger partial charge in [-0.25, -0.2) is 4.39 Å². The van der Waals surface area contributed by atoms with Gasteiger partial charge in [0.1, 0.15) is 11.7 Å². The molecular weight excluding hydrogens is 183 g/mol. The van der Waals surface area contributed by atoms with Crippen LogP contribution in [-0.4, -0.2) is 5.91 Å². The fourth-order valence-corrected chi connectivity index (χ4v) is 0.875. The first kappa shape index (κ1) is 10.2. The molecule has 0 fully saturated rings. The average molecular weight is 192 g/mol. The van der Waals surface area contributed by atoms with Gasteiger partial charge in [0.15, 0.2) is 0 Å². The molecule has 0 aliphatic rings. The number of hydrogen-bond acceptors (Lipinski definition) is 2. The molecule has 0 saturated heterocycles. The van der Waals surface area contributed by atoms with E-state index in [2.05, 4.69) is 5.32 Å². The zero-order chi connectivity index (χ0) is 10.6. The van der Waals surface area contributed by atoms with Crippen molar-refractivity contribution in [2.45, 2.75) is 6.92 Å². The number of hydrogen-bond donors (Lipinski definition) is 1. The molecule has 1 amide bonds. The first-order chi connectivity index (χ1) is 6.63. The second-order valence-electron chi connectivity index (χ2n) is 2.85. The summed E-state index contributed by atoms with van der Waals surface area (Å²) in [5.41, 5.74) is 0.358. The largest absolute Gasteiger partial charge is 0.325 e. The second-order valence-corrected chi connectivity index (χ2v) is 2.85. The summed E-state index contributed by atoms with van der Waals surface area (Å²) in [5.74, 6) is -1.59. The first-order valence-electron chi connectivity index (χ1n) is 4.09. The van der Waals surface area contributed by atoms with E-state index in [0.29, 0.717) is 5.69 Å². The van der Waals surface area contributed by atoms with Gasteiger partial charge >= 0.3 is 0 Å². The van der Waals surface area contributed by atoms with E-state index in [1.165, 1.54) is 25.1 Å². The topological polar surface area (TPSA) is 52.9 Å². The van der Waals surface area contributed by atoms with Crippen molar-refractivity contribution >= 4 is 11.6 Å². The lowest BCUT2D eigenvalue weighted by molar-refractivity contribution is -0.117. The highest BCUT2D eigenvalue weighted by atomic mass is 19.1. The standard InChI is InChI=1S/C10H9FN2O/c1-7(6-12)10(14)13-9-4-2-3-8(11)5-9/h2-5,7H,1H3,(H,13,14). The number of carbonyl (C=O) groups excluding carboxylic acids is 1. The predicted molar refractivity (Wildman–Crippen MR) is 49.8 cm³/mol. The number of anilines is 1. The van der Waals surface area contributed by atoms with Crippen LogP contribution in [0.15, 0.2) is 24.3 Å². The fourth-order valence-electron chi connectivity index (χ4n) is 0.875. The molecular formula is C10H9FN2O. The van der Waals surface area contributed by atoms with Crippen molar-refractivity contribution in [3.8, 4) is 6.07 Å². The van der Waals surface area contributed by atoms with Crippen molar-refractivity contribution in [2.75, 3.05) is 5.32 Å². The molecule has 0 bridgehead atoms. The van der Waals surface area contributed by atoms with Crippen LogP contribution < -0.4 is 5.32 Å². The number of rotatable bonds is 2. The first-order valence-corrected chi connectivity index (χ1v) is 4.09. The summed E-state index contributed by atoms with van der Waals surface area (Å²) in [5, 5.41) is 10.9. The van der Waals surface area contributed by atoms with Gasteiger partial charge in [0.05, 0.1) is 6.07 Å². The van der Waals surface area contributed by atoms with Gasteiger partial charge in [-0.15, -0.1) is 0 Å². The van der Waals surface area contributed by atoms with Crippen LogP contribution in [0.3, 0.4) is 0 Å². The van der Waals surface area contributed by atoms with Crippen LogP contribution in [0, 0.1) is 23.1 Å². The number of nitrogens with zero attached hydrogens (tertiary/aromatic N) is 1. The van der Waals surface area contributed by atoms with E-state index >= 15 is 0 Å². The number of benzene rings is 1. The summed E-state index contributed by atoms with van der Waals surface area (Å²) in [6, 6.07) is 7.32. The molecule has 1 aromatic rings. The van der Waals surface area contributed by atoms with E-state index in [4.69, 9.17) is 5.26 Å². The Kier molecular flexibility index (Phi) is 3.19. The van der Waals surface area contributed by atoms with Crippen molar-refractivity contribution in [1.82, 2.24) is 0 Å². The SMILES string of the molecule is CC(C#N)C(=O)Nc1cccc(F)c1. The van der Waals surface area contributed by atoms with Gasteiger partial charge in [0.25, 0.3) is 0 Å². The molecule has 4 heteroatoms. The van der Waals surface area contributed by atoms with Crippen LogP contribution in [-0.2, 0) is 4.79 Å². The molecule has 1 rings (SSSR count). The Hall–Kier alpha value is -1.89. The van der Waals surface area contributed by atoms with Crippen molar-refractivity contribution in [1.29, 1.82) is 5.26 Å². The van der Waals surface area contributed by atoms with Gasteiger partial charge in [-0.05, 0) is 25.1 Å². The number of amides is 1. The molecule has 1 unspecified atom stereocenters. The maximum absolute atomic E-state index is 12.7. The van der Waals surface area contributed by atoms with E-state index in [0.717, 1.165) is 0 Å². The Labute approximate surface area is 81.2 Å².